The molecule has 10 heteroatoms. The molecule has 1 aromatic carbocycles. The van der Waals surface area contributed by atoms with Crippen molar-refractivity contribution in [1.82, 2.24) is 5.32 Å². The minimum absolute atomic E-state index is 0.00304. The maximum absolute atomic E-state index is 12.9. The Morgan fingerprint density at radius 2 is 1.81 bits per heavy atom. The predicted octanol–water partition coefficient (Wildman–Crippen LogP) is 5.74. The van der Waals surface area contributed by atoms with Crippen molar-refractivity contribution in [3.8, 4) is 0 Å². The number of carboxylic acid groups (broad SMARTS) is 1. The lowest BCUT2D eigenvalue weighted by molar-refractivity contribution is -0.137. The minimum atomic E-state index is -4.61. The first-order chi connectivity index (χ1) is 14.5. The number of benzene rings is 1. The summed E-state index contributed by atoms with van der Waals surface area (Å²) in [7, 11) is 0. The number of aliphatic carboxylic acids is 1. The molecule has 1 saturated carbocycles. The zero-order chi connectivity index (χ0) is 23.2. The van der Waals surface area contributed by atoms with Gasteiger partial charge in [0.25, 0.3) is 0 Å². The third-order valence-electron chi connectivity index (χ3n) is 4.80. The molecule has 2 amide bonds. The lowest BCUT2D eigenvalue weighted by Gasteiger charge is -2.29. The topological polar surface area (TPSA) is 87.7 Å². The molecule has 0 heterocycles. The molecule has 0 unspecified atom stereocenters. The van der Waals surface area contributed by atoms with Gasteiger partial charge in [-0.25, -0.2) is 9.59 Å². The molecule has 0 aromatic heterocycles. The first-order valence-corrected chi connectivity index (χ1v) is 10.0. The number of allylic oxidation sites excluding steroid dienone is 3. The monoisotopic (exact) mass is 460 g/mol. The average Bonchev–Trinajstić information content (AvgIpc) is 2.68. The number of ether oxygens (including phenoxy) is 1. The smallest absolute Gasteiger partial charge is 0.417 e. The van der Waals surface area contributed by atoms with Crippen molar-refractivity contribution in [1.29, 1.82) is 0 Å². The number of nitrogens with one attached hydrogen (secondary N) is 2. The third kappa shape index (κ3) is 7.82. The Balaban J connectivity index is 1.83. The van der Waals surface area contributed by atoms with Crippen LogP contribution in [0.3, 0.4) is 0 Å². The van der Waals surface area contributed by atoms with Crippen LogP contribution in [0, 0.1) is 0 Å². The zero-order valence-electron chi connectivity index (χ0n) is 17.1. The number of alkyl halides is 3. The lowest BCUT2D eigenvalue weighted by Crippen LogP contribution is -2.41. The van der Waals surface area contributed by atoms with Gasteiger partial charge in [-0.15, -0.1) is 0 Å². The molecule has 0 saturated heterocycles. The van der Waals surface area contributed by atoms with Crippen molar-refractivity contribution >= 4 is 29.3 Å². The van der Waals surface area contributed by atoms with Gasteiger partial charge in [-0.2, -0.15) is 13.2 Å². The van der Waals surface area contributed by atoms with Crippen molar-refractivity contribution in [2.75, 3.05) is 5.32 Å². The summed E-state index contributed by atoms with van der Waals surface area (Å²) in [6.45, 7) is 3.23. The second-order valence-electron chi connectivity index (χ2n) is 7.31. The van der Waals surface area contributed by atoms with E-state index in [9.17, 15) is 22.8 Å². The summed E-state index contributed by atoms with van der Waals surface area (Å²) in [6, 6.07) is 2.46. The fraction of sp³-hybridized carbons (Fsp3) is 0.429. The van der Waals surface area contributed by atoms with E-state index in [0.717, 1.165) is 12.1 Å². The molecule has 1 fully saturated rings. The third-order valence-corrected chi connectivity index (χ3v) is 5.13. The van der Waals surface area contributed by atoms with Gasteiger partial charge in [0.2, 0.25) is 0 Å². The quantitative estimate of drug-likeness (QED) is 0.287. The summed E-state index contributed by atoms with van der Waals surface area (Å²) in [6.07, 6.45) is 1.04. The number of urea groups is 1. The van der Waals surface area contributed by atoms with Gasteiger partial charge in [0, 0.05) is 17.3 Å². The van der Waals surface area contributed by atoms with Crippen LogP contribution in [0.15, 0.2) is 41.7 Å². The Kier molecular flexibility index (Phi) is 8.38. The summed E-state index contributed by atoms with van der Waals surface area (Å²) in [5, 5.41) is 13.6. The van der Waals surface area contributed by atoms with Crippen molar-refractivity contribution < 1.29 is 32.6 Å². The standard InChI is InChI=1S/C21H24ClF3N2O4/c1-12(19(28)29)3-4-13(2)31-16-8-5-14(6-9-16)26-20(30)27-15-7-10-18(22)17(11-15)21(23,24)25/h3-4,7,10-11,14,16H,5-6,8-9H2,1-2H3,(H,28,29)(H2,26,27,30)/b12-3+,13-4+. The first kappa shape index (κ1) is 24.6. The fourth-order valence-corrected chi connectivity index (χ4v) is 3.34. The van der Waals surface area contributed by atoms with Gasteiger partial charge in [-0.05, 0) is 69.9 Å². The normalized spacial score (nSPS) is 20.2. The summed E-state index contributed by atoms with van der Waals surface area (Å²) < 4.78 is 44.6. The van der Waals surface area contributed by atoms with Crippen molar-refractivity contribution in [3.05, 3.63) is 52.3 Å². The Bertz CT molecular complexity index is 876. The average molecular weight is 461 g/mol. The van der Waals surface area contributed by atoms with Crippen LogP contribution in [0.1, 0.15) is 45.1 Å². The Morgan fingerprint density at radius 1 is 1.16 bits per heavy atom. The minimum Gasteiger partial charge on any atom is -0.495 e. The fourth-order valence-electron chi connectivity index (χ4n) is 3.11. The van der Waals surface area contributed by atoms with E-state index in [0.29, 0.717) is 31.4 Å². The maximum Gasteiger partial charge on any atom is 0.417 e. The second-order valence-corrected chi connectivity index (χ2v) is 7.72. The summed E-state index contributed by atoms with van der Waals surface area (Å²) in [4.78, 5) is 22.9. The number of halogens is 4. The van der Waals surface area contributed by atoms with Crippen LogP contribution in [0.5, 0.6) is 0 Å². The number of rotatable bonds is 6. The van der Waals surface area contributed by atoms with Gasteiger partial charge >= 0.3 is 18.2 Å². The molecule has 1 aliphatic carbocycles. The lowest BCUT2D eigenvalue weighted by atomic mass is 9.93. The first-order valence-electron chi connectivity index (χ1n) is 9.65. The second kappa shape index (κ2) is 10.6. The van der Waals surface area contributed by atoms with Gasteiger partial charge in [0.1, 0.15) is 0 Å². The molecular weight excluding hydrogens is 437 g/mol. The largest absolute Gasteiger partial charge is 0.495 e. The van der Waals surface area contributed by atoms with Crippen LogP contribution in [0.25, 0.3) is 0 Å². The van der Waals surface area contributed by atoms with Crippen molar-refractivity contribution in [2.45, 2.75) is 57.9 Å². The predicted molar refractivity (Wildman–Crippen MR) is 111 cm³/mol. The van der Waals surface area contributed by atoms with Crippen LogP contribution in [-0.2, 0) is 15.7 Å². The molecule has 3 N–H and O–H groups in total. The molecule has 1 aromatic rings. The molecule has 31 heavy (non-hydrogen) atoms. The van der Waals surface area contributed by atoms with E-state index in [2.05, 4.69) is 10.6 Å². The molecule has 2 rings (SSSR count). The van der Waals surface area contributed by atoms with Crippen molar-refractivity contribution in [3.63, 3.8) is 0 Å². The number of carbonyl (C=O) groups excluding carboxylic acids is 1. The number of hydrogen-bond donors (Lipinski definition) is 3. The number of carbonyl (C=O) groups is 2. The molecule has 6 nitrogen and oxygen atoms in total. The summed E-state index contributed by atoms with van der Waals surface area (Å²) >= 11 is 5.58. The molecule has 0 atom stereocenters. The molecular formula is C21H24ClF3N2O4. The van der Waals surface area contributed by atoms with Crippen LogP contribution in [-0.4, -0.2) is 29.3 Å². The van der Waals surface area contributed by atoms with Gasteiger partial charge in [-0.1, -0.05) is 11.6 Å². The van der Waals surface area contributed by atoms with Gasteiger partial charge in [-0.3, -0.25) is 0 Å². The highest BCUT2D eigenvalue weighted by molar-refractivity contribution is 6.31. The van der Waals surface area contributed by atoms with Gasteiger partial charge in [0.15, 0.2) is 0 Å². The number of anilines is 1. The van der Waals surface area contributed by atoms with E-state index < -0.39 is 28.8 Å². The highest BCUT2D eigenvalue weighted by Crippen LogP contribution is 2.36. The molecule has 0 spiro atoms. The van der Waals surface area contributed by atoms with Crippen LogP contribution in [0.2, 0.25) is 5.02 Å². The highest BCUT2D eigenvalue weighted by atomic mass is 35.5. The SMILES string of the molecule is C/C(=C\C=C(/C)C(=O)O)OC1CCC(NC(=O)Nc2ccc(Cl)c(C(F)(F)F)c2)CC1. The Labute approximate surface area is 183 Å². The number of amides is 2. The molecule has 0 radical (unpaired) electrons. The summed E-state index contributed by atoms with van der Waals surface area (Å²) in [5.74, 6) is -0.403. The number of hydrogen-bond acceptors (Lipinski definition) is 3. The van der Waals surface area contributed by atoms with E-state index in [-0.39, 0.29) is 23.4 Å². The Morgan fingerprint density at radius 3 is 2.39 bits per heavy atom. The zero-order valence-corrected chi connectivity index (χ0v) is 17.8. The van der Waals surface area contributed by atoms with E-state index in [1.54, 1.807) is 13.0 Å². The van der Waals surface area contributed by atoms with E-state index >= 15 is 0 Å². The van der Waals surface area contributed by atoms with E-state index in [4.69, 9.17) is 21.4 Å². The molecule has 0 bridgehead atoms. The maximum atomic E-state index is 12.9. The van der Waals surface area contributed by atoms with Crippen molar-refractivity contribution in [2.24, 2.45) is 0 Å². The molecule has 0 aliphatic heterocycles. The van der Waals surface area contributed by atoms with Crippen LogP contribution in [0.4, 0.5) is 23.7 Å². The number of carboxylic acids is 1. The summed E-state index contributed by atoms with van der Waals surface area (Å²) in [5.41, 5.74) is -0.817. The molecule has 170 valence electrons. The van der Waals surface area contributed by atoms with Gasteiger partial charge < -0.3 is 20.5 Å². The van der Waals surface area contributed by atoms with E-state index in [1.807, 2.05) is 0 Å². The van der Waals surface area contributed by atoms with Crippen LogP contribution >= 0.6 is 11.6 Å². The highest BCUT2D eigenvalue weighted by Gasteiger charge is 2.33. The van der Waals surface area contributed by atoms with Gasteiger partial charge in [0.05, 0.1) is 22.4 Å². The molecule has 1 aliphatic rings. The van der Waals surface area contributed by atoms with Crippen LogP contribution < -0.4 is 10.6 Å². The Hall–Kier alpha value is -2.68. The van der Waals surface area contributed by atoms with E-state index in [1.165, 1.54) is 19.1 Å².